The van der Waals surface area contributed by atoms with Gasteiger partial charge in [-0.1, -0.05) is 28.1 Å². The molecule has 3 aromatic rings. The number of amides is 1. The highest BCUT2D eigenvalue weighted by Crippen LogP contribution is 2.32. The number of nitrogens with zero attached hydrogens (tertiary/aromatic N) is 1. The van der Waals surface area contributed by atoms with E-state index in [1.165, 1.54) is 11.3 Å². The number of aromatic nitrogens is 1. The van der Waals surface area contributed by atoms with Gasteiger partial charge in [-0.3, -0.25) is 4.79 Å². The second-order valence-electron chi connectivity index (χ2n) is 5.42. The topological polar surface area (TPSA) is 51.2 Å². The second kappa shape index (κ2) is 8.79. The van der Waals surface area contributed by atoms with Gasteiger partial charge in [0.15, 0.2) is 0 Å². The number of nitrogens with one attached hydrogen (secondary N) is 1. The average molecular weight is 496 g/mol. The lowest BCUT2D eigenvalue weighted by Crippen LogP contribution is -2.14. The molecule has 134 valence electrons. The molecule has 3 rings (SSSR count). The number of hydrogen-bond donors (Lipinski definition) is 1. The summed E-state index contributed by atoms with van der Waals surface area (Å²) in [6.07, 6.45) is 0.218. The number of ether oxygens (including phenoxy) is 1. The summed E-state index contributed by atoms with van der Waals surface area (Å²) in [5.74, 6) is 0.696. The van der Waals surface area contributed by atoms with E-state index < -0.39 is 0 Å². The summed E-state index contributed by atoms with van der Waals surface area (Å²) in [5.41, 5.74) is 2.42. The van der Waals surface area contributed by atoms with Crippen LogP contribution in [0.25, 0.3) is 10.6 Å². The maximum Gasteiger partial charge on any atom is 0.230 e. The van der Waals surface area contributed by atoms with Gasteiger partial charge in [-0.15, -0.1) is 11.3 Å². The van der Waals surface area contributed by atoms with Crippen LogP contribution < -0.4 is 10.1 Å². The van der Waals surface area contributed by atoms with Crippen LogP contribution in [0.15, 0.2) is 56.8 Å². The smallest absolute Gasteiger partial charge is 0.230 e. The third kappa shape index (κ3) is 4.72. The molecule has 0 bridgehead atoms. The number of carbonyl (C=O) groups is 1. The first-order valence-corrected chi connectivity index (χ1v) is 10.4. The van der Waals surface area contributed by atoms with Crippen LogP contribution in [-0.2, 0) is 11.2 Å². The number of anilines is 1. The minimum Gasteiger partial charge on any atom is -0.493 e. The molecule has 4 nitrogen and oxygen atoms in total. The van der Waals surface area contributed by atoms with E-state index in [0.717, 1.165) is 36.6 Å². The van der Waals surface area contributed by atoms with Gasteiger partial charge in [-0.2, -0.15) is 0 Å². The Labute approximate surface area is 172 Å². The Morgan fingerprint density at radius 2 is 2.04 bits per heavy atom. The molecule has 0 atom stereocenters. The molecule has 1 heterocycles. The Balaban J connectivity index is 1.71. The van der Waals surface area contributed by atoms with Gasteiger partial charge in [0.05, 0.1) is 30.0 Å². The first-order chi connectivity index (χ1) is 12.6. The first kappa shape index (κ1) is 19.1. The van der Waals surface area contributed by atoms with Crippen molar-refractivity contribution in [2.75, 3.05) is 11.9 Å². The van der Waals surface area contributed by atoms with E-state index in [2.05, 4.69) is 42.2 Å². The number of hydrogen-bond acceptors (Lipinski definition) is 4. The molecule has 0 aliphatic carbocycles. The van der Waals surface area contributed by atoms with Gasteiger partial charge < -0.3 is 10.1 Å². The molecule has 1 amide bonds. The maximum atomic E-state index is 12.3. The molecular weight excluding hydrogens is 480 g/mol. The van der Waals surface area contributed by atoms with E-state index in [0.29, 0.717) is 6.61 Å². The molecule has 0 saturated heterocycles. The van der Waals surface area contributed by atoms with Gasteiger partial charge in [0, 0.05) is 14.3 Å². The number of thiazole rings is 1. The van der Waals surface area contributed by atoms with Crippen LogP contribution >= 0.6 is 43.2 Å². The summed E-state index contributed by atoms with van der Waals surface area (Å²) in [6, 6.07) is 13.4. The Hall–Kier alpha value is -1.70. The minimum absolute atomic E-state index is 0.108. The van der Waals surface area contributed by atoms with Crippen LogP contribution in [0.4, 0.5) is 5.69 Å². The summed E-state index contributed by atoms with van der Waals surface area (Å²) < 4.78 is 7.43. The average Bonchev–Trinajstić information content (AvgIpc) is 3.06. The molecule has 0 aliphatic heterocycles. The van der Waals surface area contributed by atoms with Gasteiger partial charge in [-0.05, 0) is 53.2 Å². The van der Waals surface area contributed by atoms with E-state index in [-0.39, 0.29) is 12.3 Å². The summed E-state index contributed by atoms with van der Waals surface area (Å²) in [7, 11) is 0. The number of carbonyl (C=O) groups excluding carboxylic acids is 1. The summed E-state index contributed by atoms with van der Waals surface area (Å²) in [5, 5.41) is 5.66. The lowest BCUT2D eigenvalue weighted by atomic mass is 10.2. The van der Waals surface area contributed by atoms with E-state index in [1.807, 2.05) is 54.8 Å². The Kier molecular flexibility index (Phi) is 6.45. The fourth-order valence-corrected chi connectivity index (χ4v) is 4.38. The standard InChI is InChI=1S/C19H16Br2N2O2S/c1-2-25-17-6-4-3-5-14(17)19-22-13(11-26-19)10-18(24)23-16-8-7-12(20)9-15(16)21/h3-9,11H,2,10H2,1H3,(H,23,24). The number of rotatable bonds is 6. The van der Waals surface area contributed by atoms with E-state index in [4.69, 9.17) is 4.74 Å². The summed E-state index contributed by atoms with van der Waals surface area (Å²) in [6.45, 7) is 2.55. The Bertz CT molecular complexity index is 927. The third-order valence-corrected chi connectivity index (χ3v) is 5.59. The number of para-hydroxylation sites is 1. The van der Waals surface area contributed by atoms with Crippen LogP contribution in [0.5, 0.6) is 5.75 Å². The summed E-state index contributed by atoms with van der Waals surface area (Å²) in [4.78, 5) is 16.9. The van der Waals surface area contributed by atoms with Crippen molar-refractivity contribution in [3.63, 3.8) is 0 Å². The Morgan fingerprint density at radius 3 is 2.81 bits per heavy atom. The van der Waals surface area contributed by atoms with E-state index >= 15 is 0 Å². The van der Waals surface area contributed by atoms with Gasteiger partial charge >= 0.3 is 0 Å². The molecule has 2 aromatic carbocycles. The molecule has 0 spiro atoms. The van der Waals surface area contributed by atoms with Gasteiger partial charge in [-0.25, -0.2) is 4.98 Å². The highest BCUT2D eigenvalue weighted by molar-refractivity contribution is 9.11. The molecule has 7 heteroatoms. The van der Waals surface area contributed by atoms with Crippen molar-refractivity contribution in [3.05, 3.63) is 62.5 Å². The van der Waals surface area contributed by atoms with Crippen molar-refractivity contribution in [3.8, 4) is 16.3 Å². The van der Waals surface area contributed by atoms with Crippen LogP contribution in [-0.4, -0.2) is 17.5 Å². The van der Waals surface area contributed by atoms with Crippen molar-refractivity contribution in [1.29, 1.82) is 0 Å². The number of benzene rings is 2. The van der Waals surface area contributed by atoms with Crippen LogP contribution in [0.2, 0.25) is 0 Å². The zero-order chi connectivity index (χ0) is 18.5. The van der Waals surface area contributed by atoms with Gasteiger partial charge in [0.2, 0.25) is 5.91 Å². The van der Waals surface area contributed by atoms with Gasteiger partial charge in [0.25, 0.3) is 0 Å². The molecule has 0 radical (unpaired) electrons. The van der Waals surface area contributed by atoms with Crippen molar-refractivity contribution in [2.45, 2.75) is 13.3 Å². The predicted molar refractivity (Wildman–Crippen MR) is 113 cm³/mol. The first-order valence-electron chi connectivity index (χ1n) is 7.98. The molecule has 0 fully saturated rings. The normalized spacial score (nSPS) is 10.6. The fraction of sp³-hybridized carbons (Fsp3) is 0.158. The molecule has 26 heavy (non-hydrogen) atoms. The molecule has 0 saturated carbocycles. The highest BCUT2D eigenvalue weighted by atomic mass is 79.9. The lowest BCUT2D eigenvalue weighted by molar-refractivity contribution is -0.115. The largest absolute Gasteiger partial charge is 0.493 e. The number of halogens is 2. The van der Waals surface area contributed by atoms with Crippen LogP contribution in [0.3, 0.4) is 0 Å². The van der Waals surface area contributed by atoms with Crippen LogP contribution in [0, 0.1) is 0 Å². The lowest BCUT2D eigenvalue weighted by Gasteiger charge is -2.07. The quantitative estimate of drug-likeness (QED) is 0.462. The zero-order valence-electron chi connectivity index (χ0n) is 14.0. The van der Waals surface area contributed by atoms with E-state index in [1.54, 1.807) is 0 Å². The Morgan fingerprint density at radius 1 is 1.23 bits per heavy atom. The van der Waals surface area contributed by atoms with E-state index in [9.17, 15) is 4.79 Å². The predicted octanol–water partition coefficient (Wildman–Crippen LogP) is 5.92. The third-order valence-electron chi connectivity index (χ3n) is 3.52. The van der Waals surface area contributed by atoms with Gasteiger partial charge in [0.1, 0.15) is 10.8 Å². The zero-order valence-corrected chi connectivity index (χ0v) is 17.9. The second-order valence-corrected chi connectivity index (χ2v) is 8.05. The fourth-order valence-electron chi connectivity index (χ4n) is 2.39. The van der Waals surface area contributed by atoms with Crippen molar-refractivity contribution < 1.29 is 9.53 Å². The molecule has 0 unspecified atom stereocenters. The molecular formula is C19H16Br2N2O2S. The summed E-state index contributed by atoms with van der Waals surface area (Å²) >= 11 is 8.35. The van der Waals surface area contributed by atoms with Crippen LogP contribution in [0.1, 0.15) is 12.6 Å². The van der Waals surface area contributed by atoms with Crippen molar-refractivity contribution >= 4 is 54.8 Å². The SMILES string of the molecule is CCOc1ccccc1-c1nc(CC(=O)Nc2ccc(Br)cc2Br)cs1. The van der Waals surface area contributed by atoms with Crippen molar-refractivity contribution in [1.82, 2.24) is 4.98 Å². The molecule has 0 aliphatic rings. The monoisotopic (exact) mass is 494 g/mol. The highest BCUT2D eigenvalue weighted by Gasteiger charge is 2.13. The molecule has 1 N–H and O–H groups in total. The van der Waals surface area contributed by atoms with Crippen molar-refractivity contribution in [2.24, 2.45) is 0 Å². The maximum absolute atomic E-state index is 12.3. The molecule has 1 aromatic heterocycles. The minimum atomic E-state index is -0.108.